The Kier molecular flexibility index (Phi) is 7.06. The molecule has 5 aromatic rings. The van der Waals surface area contributed by atoms with Crippen LogP contribution in [0, 0.1) is 5.92 Å². The lowest BCUT2D eigenvalue weighted by atomic mass is 10.0. The highest BCUT2D eigenvalue weighted by molar-refractivity contribution is 5.98. The average molecular weight is 579 g/mol. The summed E-state index contributed by atoms with van der Waals surface area (Å²) in [6.45, 7) is 1.61. The van der Waals surface area contributed by atoms with E-state index in [2.05, 4.69) is 31.6 Å². The van der Waals surface area contributed by atoms with Crippen LogP contribution in [0.25, 0.3) is 33.6 Å². The fourth-order valence-corrected chi connectivity index (χ4v) is 5.94. The Hall–Kier alpha value is -4.70. The number of aromatic nitrogens is 4. The van der Waals surface area contributed by atoms with Crippen LogP contribution >= 0.6 is 0 Å². The Morgan fingerprint density at radius 2 is 1.88 bits per heavy atom. The number of rotatable bonds is 7. The van der Waals surface area contributed by atoms with Crippen molar-refractivity contribution in [2.75, 3.05) is 13.1 Å². The maximum Gasteiger partial charge on any atom is 0.407 e. The monoisotopic (exact) mass is 578 g/mol. The molecular weight excluding hydrogens is 544 g/mol. The lowest BCUT2D eigenvalue weighted by Crippen LogP contribution is -2.56. The first-order chi connectivity index (χ1) is 20.9. The number of pyridine rings is 1. The second-order valence-corrected chi connectivity index (χ2v) is 11.6. The Labute approximate surface area is 248 Å². The maximum absolute atomic E-state index is 13.6. The molecule has 2 aromatic carbocycles. The predicted octanol–water partition coefficient (Wildman–Crippen LogP) is 4.50. The van der Waals surface area contributed by atoms with Crippen molar-refractivity contribution in [2.24, 2.45) is 13.0 Å². The van der Waals surface area contributed by atoms with E-state index in [1.807, 2.05) is 67.8 Å². The molecule has 2 amide bonds. The highest BCUT2D eigenvalue weighted by Crippen LogP contribution is 2.36. The number of piperidine rings is 1. The predicted molar refractivity (Wildman–Crippen MR) is 162 cm³/mol. The van der Waals surface area contributed by atoms with E-state index in [0.717, 1.165) is 45.7 Å². The van der Waals surface area contributed by atoms with Crippen LogP contribution in [0.3, 0.4) is 0 Å². The largest absolute Gasteiger partial charge is 0.445 e. The number of aliphatic hydroxyl groups is 1. The maximum atomic E-state index is 13.6. The number of likely N-dealkylation sites (tertiary alicyclic amines) is 1. The first-order valence-corrected chi connectivity index (χ1v) is 14.8. The number of hydrogen-bond acceptors (Lipinski definition) is 6. The van der Waals surface area contributed by atoms with Gasteiger partial charge in [-0.15, -0.1) is 0 Å². The van der Waals surface area contributed by atoms with Crippen molar-refractivity contribution in [1.82, 2.24) is 29.3 Å². The van der Waals surface area contributed by atoms with Crippen molar-refractivity contribution in [3.8, 4) is 11.5 Å². The van der Waals surface area contributed by atoms with Crippen LogP contribution in [0.1, 0.15) is 35.2 Å². The molecule has 7 rings (SSSR count). The zero-order chi connectivity index (χ0) is 29.5. The summed E-state index contributed by atoms with van der Waals surface area (Å²) >= 11 is 0. The number of hydrogen-bond donors (Lipinski definition) is 2. The van der Waals surface area contributed by atoms with Crippen LogP contribution in [0.2, 0.25) is 0 Å². The quantitative estimate of drug-likeness (QED) is 0.294. The van der Waals surface area contributed by atoms with Gasteiger partial charge in [0.2, 0.25) is 0 Å². The van der Waals surface area contributed by atoms with Gasteiger partial charge in [-0.05, 0) is 67.1 Å². The van der Waals surface area contributed by atoms with Crippen LogP contribution < -0.4 is 5.32 Å². The molecule has 10 heteroatoms. The highest BCUT2D eigenvalue weighted by atomic mass is 16.5. The van der Waals surface area contributed by atoms with Crippen LogP contribution in [0.15, 0.2) is 72.9 Å². The summed E-state index contributed by atoms with van der Waals surface area (Å²) in [5, 5.41) is 14.4. The van der Waals surface area contributed by atoms with Crippen LogP contribution in [-0.2, 0) is 24.9 Å². The number of fused-ring (bicyclic) bond motifs is 2. The summed E-state index contributed by atoms with van der Waals surface area (Å²) in [5.41, 5.74) is 5.03. The summed E-state index contributed by atoms with van der Waals surface area (Å²) in [6, 6.07) is 20.5. The molecule has 2 N–H and O–H groups in total. The molecule has 1 saturated heterocycles. The molecule has 2 atom stereocenters. The van der Waals surface area contributed by atoms with Crippen LogP contribution in [0.5, 0.6) is 0 Å². The summed E-state index contributed by atoms with van der Waals surface area (Å²) in [4.78, 5) is 37.4. The van der Waals surface area contributed by atoms with Gasteiger partial charge in [-0.3, -0.25) is 4.79 Å². The fourth-order valence-electron chi connectivity index (χ4n) is 5.94. The van der Waals surface area contributed by atoms with Gasteiger partial charge in [0, 0.05) is 43.8 Å². The summed E-state index contributed by atoms with van der Waals surface area (Å²) in [7, 11) is 2.00. The Bertz CT molecular complexity index is 1810. The number of aliphatic hydroxyl groups excluding tert-OH is 1. The second kappa shape index (κ2) is 11.2. The van der Waals surface area contributed by atoms with Crippen molar-refractivity contribution < 1.29 is 19.4 Å². The normalized spacial score (nSPS) is 18.7. The summed E-state index contributed by atoms with van der Waals surface area (Å²) in [6.07, 6.45) is 3.25. The third-order valence-corrected chi connectivity index (χ3v) is 8.53. The molecule has 1 aliphatic heterocycles. The fraction of sp³-hybridized carbons (Fsp3) is 0.333. The number of alkyl carbamates (subject to hydrolysis) is 1. The van der Waals surface area contributed by atoms with E-state index in [1.54, 1.807) is 4.90 Å². The Balaban J connectivity index is 1.09. The number of carbonyl (C=O) groups is 2. The second-order valence-electron chi connectivity index (χ2n) is 11.6. The smallest absolute Gasteiger partial charge is 0.407 e. The van der Waals surface area contributed by atoms with Crippen LogP contribution in [-0.4, -0.2) is 66.3 Å². The summed E-state index contributed by atoms with van der Waals surface area (Å²) in [5.74, 6) is 1.33. The van der Waals surface area contributed by atoms with Gasteiger partial charge in [0.1, 0.15) is 12.3 Å². The van der Waals surface area contributed by atoms with Crippen molar-refractivity contribution in [3.63, 3.8) is 0 Å². The van der Waals surface area contributed by atoms with Gasteiger partial charge in [0.15, 0.2) is 5.82 Å². The van der Waals surface area contributed by atoms with E-state index < -0.39 is 18.2 Å². The molecule has 0 radical (unpaired) electrons. The first kappa shape index (κ1) is 27.2. The van der Waals surface area contributed by atoms with Gasteiger partial charge in [0.05, 0.1) is 28.9 Å². The van der Waals surface area contributed by atoms with Crippen molar-refractivity contribution in [1.29, 1.82) is 0 Å². The number of amides is 2. The number of benzene rings is 2. The number of ether oxygens (including phenoxy) is 1. The third-order valence-electron chi connectivity index (χ3n) is 8.53. The van der Waals surface area contributed by atoms with E-state index in [1.165, 1.54) is 12.8 Å². The molecule has 3 aromatic heterocycles. The number of aryl methyl sites for hydroxylation is 1. The molecule has 1 aliphatic carbocycles. The van der Waals surface area contributed by atoms with Gasteiger partial charge in [-0.2, -0.15) is 0 Å². The van der Waals surface area contributed by atoms with Gasteiger partial charge in [-0.25, -0.2) is 14.8 Å². The zero-order valence-corrected chi connectivity index (χ0v) is 24.0. The van der Waals surface area contributed by atoms with Gasteiger partial charge in [-0.1, -0.05) is 30.3 Å². The number of carbonyl (C=O) groups excluding carboxylic acids is 2. The number of imidazole rings is 1. The molecule has 2 aliphatic rings. The molecular formula is C33H34N6O4. The van der Waals surface area contributed by atoms with E-state index in [0.29, 0.717) is 24.4 Å². The van der Waals surface area contributed by atoms with Gasteiger partial charge < -0.3 is 29.2 Å². The van der Waals surface area contributed by atoms with Crippen molar-refractivity contribution in [2.45, 2.75) is 44.6 Å². The molecule has 4 heterocycles. The standard InChI is InChI=1S/C33H34N6O4/c1-37-27-12-11-24(16-25(27)35-31(37)28-17-23-8-5-14-34-30(23)39(28)18-21-9-10-21)32(41)38-15-13-29(40)26(19-38)36-33(42)43-20-22-6-3-2-4-7-22/h2-8,11-12,14,16-17,21,26,29,40H,9-10,13,15,18-20H2,1H3,(H,36,42)/t26-,29-/m0/s1. The number of nitrogens with one attached hydrogen (secondary N) is 1. The minimum absolute atomic E-state index is 0.127. The van der Waals surface area contributed by atoms with Crippen LogP contribution in [0.4, 0.5) is 4.79 Å². The minimum Gasteiger partial charge on any atom is -0.445 e. The average Bonchev–Trinajstić information content (AvgIpc) is 3.70. The first-order valence-electron chi connectivity index (χ1n) is 14.8. The summed E-state index contributed by atoms with van der Waals surface area (Å²) < 4.78 is 9.67. The van der Waals surface area contributed by atoms with Crippen molar-refractivity contribution in [3.05, 3.63) is 84.1 Å². The van der Waals surface area contributed by atoms with E-state index in [-0.39, 0.29) is 19.1 Å². The zero-order valence-electron chi connectivity index (χ0n) is 24.0. The molecule has 1 saturated carbocycles. The molecule has 43 heavy (non-hydrogen) atoms. The van der Waals surface area contributed by atoms with Gasteiger partial charge in [0.25, 0.3) is 5.91 Å². The van der Waals surface area contributed by atoms with Gasteiger partial charge >= 0.3 is 6.09 Å². The Morgan fingerprint density at radius 1 is 1.05 bits per heavy atom. The number of nitrogens with zero attached hydrogens (tertiary/aromatic N) is 5. The molecule has 0 spiro atoms. The SMILES string of the molecule is Cn1c(-c2cc3cccnc3n2CC2CC2)nc2cc(C(=O)N3CC[C@H](O)[C@@H](NC(=O)OCc4ccccc4)C3)ccc21. The molecule has 0 bridgehead atoms. The molecule has 2 fully saturated rings. The third kappa shape index (κ3) is 5.46. The highest BCUT2D eigenvalue weighted by Gasteiger charge is 2.32. The topological polar surface area (TPSA) is 115 Å². The van der Waals surface area contributed by atoms with E-state index >= 15 is 0 Å². The van der Waals surface area contributed by atoms with Crippen molar-refractivity contribution >= 4 is 34.1 Å². The molecule has 0 unspecified atom stereocenters. The molecule has 10 nitrogen and oxygen atoms in total. The van der Waals surface area contributed by atoms with E-state index in [4.69, 9.17) is 9.72 Å². The lowest BCUT2D eigenvalue weighted by molar-refractivity contribution is 0.0352. The lowest BCUT2D eigenvalue weighted by Gasteiger charge is -2.36. The molecule has 220 valence electrons. The van der Waals surface area contributed by atoms with E-state index in [9.17, 15) is 14.7 Å². The Morgan fingerprint density at radius 3 is 2.70 bits per heavy atom. The minimum atomic E-state index is -0.772.